The van der Waals surface area contributed by atoms with Crippen LogP contribution in [0.25, 0.3) is 0 Å². The molecule has 0 spiro atoms. The van der Waals surface area contributed by atoms with Gasteiger partial charge in [0.05, 0.1) is 7.11 Å². The van der Waals surface area contributed by atoms with E-state index >= 15 is 0 Å². The third kappa shape index (κ3) is 6.78. The van der Waals surface area contributed by atoms with E-state index in [9.17, 15) is 9.59 Å². The van der Waals surface area contributed by atoms with Crippen LogP contribution in [0, 0.1) is 0 Å². The van der Waals surface area contributed by atoms with Gasteiger partial charge < -0.3 is 15.8 Å². The van der Waals surface area contributed by atoms with Crippen molar-refractivity contribution in [2.24, 2.45) is 0 Å². The number of nitrogen functional groups attached to an aromatic ring is 1. The van der Waals surface area contributed by atoms with Gasteiger partial charge in [0.25, 0.3) is 0 Å². The molecule has 0 aliphatic rings. The molecule has 5 heteroatoms. The highest BCUT2D eigenvalue weighted by molar-refractivity contribution is 5.90. The minimum absolute atomic E-state index is 0.00254. The molecular formula is C15H22N2O3. The van der Waals surface area contributed by atoms with Crippen molar-refractivity contribution in [2.45, 2.75) is 38.5 Å². The molecule has 0 bridgehead atoms. The zero-order chi connectivity index (χ0) is 14.8. The van der Waals surface area contributed by atoms with E-state index in [0.29, 0.717) is 18.5 Å². The van der Waals surface area contributed by atoms with E-state index in [2.05, 4.69) is 10.1 Å². The van der Waals surface area contributed by atoms with Crippen LogP contribution in [0.3, 0.4) is 0 Å². The molecule has 1 rings (SSSR count). The predicted octanol–water partition coefficient (Wildman–Crippen LogP) is 2.72. The molecule has 110 valence electrons. The lowest BCUT2D eigenvalue weighted by molar-refractivity contribution is -0.140. The quantitative estimate of drug-likeness (QED) is 0.435. The normalized spacial score (nSPS) is 10.1. The summed E-state index contributed by atoms with van der Waals surface area (Å²) in [4.78, 5) is 22.6. The van der Waals surface area contributed by atoms with Gasteiger partial charge in [-0.05, 0) is 37.1 Å². The Bertz CT molecular complexity index is 429. The van der Waals surface area contributed by atoms with Crippen LogP contribution < -0.4 is 11.1 Å². The number of carbonyl (C=O) groups is 2. The lowest BCUT2D eigenvalue weighted by Gasteiger charge is -2.05. The van der Waals surface area contributed by atoms with Crippen LogP contribution in [0.4, 0.5) is 11.4 Å². The molecule has 1 aromatic rings. The van der Waals surface area contributed by atoms with Gasteiger partial charge in [-0.3, -0.25) is 9.59 Å². The first kappa shape index (κ1) is 16.0. The minimum atomic E-state index is -0.175. The van der Waals surface area contributed by atoms with Crippen LogP contribution >= 0.6 is 0 Å². The highest BCUT2D eigenvalue weighted by Gasteiger charge is 2.03. The first-order valence-electron chi connectivity index (χ1n) is 6.84. The molecular weight excluding hydrogens is 256 g/mol. The maximum absolute atomic E-state index is 11.7. The molecule has 5 nitrogen and oxygen atoms in total. The van der Waals surface area contributed by atoms with Crippen LogP contribution in [0.1, 0.15) is 38.5 Å². The molecule has 0 unspecified atom stereocenters. The standard InChI is InChI=1S/C15H22N2O3/c1-20-15(19)7-5-3-2-4-6-14(18)17-13-10-8-12(16)9-11-13/h8-11H,2-7,16H2,1H3,(H,17,18). The Balaban J connectivity index is 2.08. The number of hydrogen-bond acceptors (Lipinski definition) is 4. The van der Waals surface area contributed by atoms with E-state index < -0.39 is 0 Å². The SMILES string of the molecule is COC(=O)CCCCCCC(=O)Nc1ccc(N)cc1. The van der Waals surface area contributed by atoms with Crippen LogP contribution in [-0.4, -0.2) is 19.0 Å². The molecule has 0 aliphatic carbocycles. The highest BCUT2D eigenvalue weighted by atomic mass is 16.5. The Morgan fingerprint density at radius 1 is 1.05 bits per heavy atom. The average Bonchev–Trinajstić information content (AvgIpc) is 2.44. The number of amides is 1. The van der Waals surface area contributed by atoms with Gasteiger partial charge in [-0.2, -0.15) is 0 Å². The van der Waals surface area contributed by atoms with E-state index in [4.69, 9.17) is 5.73 Å². The lowest BCUT2D eigenvalue weighted by Crippen LogP contribution is -2.11. The Labute approximate surface area is 119 Å². The third-order valence-corrected chi connectivity index (χ3v) is 2.96. The van der Waals surface area contributed by atoms with E-state index in [-0.39, 0.29) is 11.9 Å². The summed E-state index contributed by atoms with van der Waals surface area (Å²) in [6.45, 7) is 0. The number of ether oxygens (including phenoxy) is 1. The van der Waals surface area contributed by atoms with Gasteiger partial charge in [-0.1, -0.05) is 12.8 Å². The van der Waals surface area contributed by atoms with Crippen molar-refractivity contribution >= 4 is 23.3 Å². The maximum Gasteiger partial charge on any atom is 0.305 e. The second kappa shape index (κ2) is 8.96. The first-order valence-corrected chi connectivity index (χ1v) is 6.84. The Morgan fingerprint density at radius 3 is 2.25 bits per heavy atom. The first-order chi connectivity index (χ1) is 9.61. The van der Waals surface area contributed by atoms with E-state index in [0.717, 1.165) is 31.4 Å². The topological polar surface area (TPSA) is 81.4 Å². The summed E-state index contributed by atoms with van der Waals surface area (Å²) in [6, 6.07) is 7.07. The highest BCUT2D eigenvalue weighted by Crippen LogP contribution is 2.12. The van der Waals surface area contributed by atoms with Crippen molar-refractivity contribution in [1.29, 1.82) is 0 Å². The molecule has 3 N–H and O–H groups in total. The van der Waals surface area contributed by atoms with Crippen molar-refractivity contribution in [3.05, 3.63) is 24.3 Å². The van der Waals surface area contributed by atoms with Crippen molar-refractivity contribution in [3.8, 4) is 0 Å². The molecule has 0 atom stereocenters. The molecule has 0 aromatic heterocycles. The van der Waals surface area contributed by atoms with Gasteiger partial charge in [0.1, 0.15) is 0 Å². The number of nitrogens with two attached hydrogens (primary N) is 1. The molecule has 0 saturated heterocycles. The van der Waals surface area contributed by atoms with Gasteiger partial charge >= 0.3 is 5.97 Å². The minimum Gasteiger partial charge on any atom is -0.469 e. The smallest absolute Gasteiger partial charge is 0.305 e. The molecule has 1 amide bonds. The fraction of sp³-hybridized carbons (Fsp3) is 0.467. The Hall–Kier alpha value is -2.04. The van der Waals surface area contributed by atoms with Crippen LogP contribution in [0.15, 0.2) is 24.3 Å². The summed E-state index contributed by atoms with van der Waals surface area (Å²) < 4.78 is 4.56. The molecule has 0 saturated carbocycles. The number of unbranched alkanes of at least 4 members (excludes halogenated alkanes) is 3. The molecule has 0 heterocycles. The summed E-state index contributed by atoms with van der Waals surface area (Å²) in [5.41, 5.74) is 7.00. The molecule has 0 fully saturated rings. The van der Waals surface area contributed by atoms with Gasteiger partial charge in [0, 0.05) is 24.2 Å². The van der Waals surface area contributed by atoms with Crippen molar-refractivity contribution < 1.29 is 14.3 Å². The Morgan fingerprint density at radius 2 is 1.65 bits per heavy atom. The number of nitrogens with one attached hydrogen (secondary N) is 1. The molecule has 20 heavy (non-hydrogen) atoms. The number of benzene rings is 1. The summed E-state index contributed by atoms with van der Waals surface area (Å²) in [6.07, 6.45) is 4.45. The summed E-state index contributed by atoms with van der Waals surface area (Å²) in [5, 5.41) is 2.82. The second-order valence-corrected chi connectivity index (χ2v) is 4.66. The third-order valence-electron chi connectivity index (χ3n) is 2.96. The van der Waals surface area contributed by atoms with E-state index in [1.807, 2.05) is 0 Å². The summed E-state index contributed by atoms with van der Waals surface area (Å²) in [5.74, 6) is -0.172. The largest absolute Gasteiger partial charge is 0.469 e. The van der Waals surface area contributed by atoms with Crippen LogP contribution in [0.2, 0.25) is 0 Å². The van der Waals surface area contributed by atoms with Gasteiger partial charge in [0.2, 0.25) is 5.91 Å². The maximum atomic E-state index is 11.7. The zero-order valence-electron chi connectivity index (χ0n) is 11.9. The van der Waals surface area contributed by atoms with Crippen molar-refractivity contribution in [1.82, 2.24) is 0 Å². The summed E-state index contributed by atoms with van der Waals surface area (Å²) >= 11 is 0. The van der Waals surface area contributed by atoms with Crippen LogP contribution in [0.5, 0.6) is 0 Å². The monoisotopic (exact) mass is 278 g/mol. The molecule has 0 radical (unpaired) electrons. The van der Waals surface area contributed by atoms with Crippen molar-refractivity contribution in [2.75, 3.05) is 18.2 Å². The number of hydrogen-bond donors (Lipinski definition) is 2. The lowest BCUT2D eigenvalue weighted by atomic mass is 10.1. The van der Waals surface area contributed by atoms with Crippen LogP contribution in [-0.2, 0) is 14.3 Å². The molecule has 1 aromatic carbocycles. The number of anilines is 2. The second-order valence-electron chi connectivity index (χ2n) is 4.66. The zero-order valence-corrected chi connectivity index (χ0v) is 11.9. The predicted molar refractivity (Wildman–Crippen MR) is 79.2 cm³/mol. The Kier molecular flexibility index (Phi) is 7.17. The van der Waals surface area contributed by atoms with Crippen molar-refractivity contribution in [3.63, 3.8) is 0 Å². The fourth-order valence-corrected chi connectivity index (χ4v) is 1.80. The van der Waals surface area contributed by atoms with E-state index in [1.54, 1.807) is 24.3 Å². The average molecular weight is 278 g/mol. The van der Waals surface area contributed by atoms with Gasteiger partial charge in [-0.25, -0.2) is 0 Å². The molecule has 0 aliphatic heterocycles. The van der Waals surface area contributed by atoms with Gasteiger partial charge in [0.15, 0.2) is 0 Å². The summed E-state index contributed by atoms with van der Waals surface area (Å²) in [7, 11) is 1.39. The number of methoxy groups -OCH3 is 1. The number of carbonyl (C=O) groups excluding carboxylic acids is 2. The number of rotatable bonds is 8. The fourth-order valence-electron chi connectivity index (χ4n) is 1.80. The van der Waals surface area contributed by atoms with E-state index in [1.165, 1.54) is 7.11 Å². The van der Waals surface area contributed by atoms with Gasteiger partial charge in [-0.15, -0.1) is 0 Å². The number of esters is 1.